The van der Waals surface area contributed by atoms with Gasteiger partial charge >= 0.3 is 0 Å². The molecule has 0 saturated heterocycles. The minimum atomic E-state index is -0.0694. The third-order valence-corrected chi connectivity index (χ3v) is 7.55. The van der Waals surface area contributed by atoms with E-state index < -0.39 is 0 Å². The van der Waals surface area contributed by atoms with Crippen LogP contribution in [0.2, 0.25) is 0 Å². The molecule has 0 saturated carbocycles. The Balaban J connectivity index is 1.85. The largest absolute Gasteiger partial charge is 0.352 e. The first-order chi connectivity index (χ1) is 20.3. The summed E-state index contributed by atoms with van der Waals surface area (Å²) in [6.07, 6.45) is 6.48. The summed E-state index contributed by atoms with van der Waals surface area (Å²) in [6.45, 7) is 16.8. The number of anilines is 1. The second-order valence-electron chi connectivity index (χ2n) is 10.6. The Kier molecular flexibility index (Phi) is 12.3. The molecule has 3 aromatic carbocycles. The van der Waals surface area contributed by atoms with E-state index in [1.165, 1.54) is 5.56 Å². The molecular formula is C36H45N5O. The van der Waals surface area contributed by atoms with Crippen LogP contribution in [-0.2, 0) is 11.2 Å². The fourth-order valence-electron chi connectivity index (χ4n) is 4.91. The number of carbonyl (C=O) groups is 1. The number of aliphatic imine (C=N–C) groups is 1. The topological polar surface area (TPSA) is 60.3 Å². The third-order valence-electron chi connectivity index (χ3n) is 7.55. The molecule has 42 heavy (non-hydrogen) atoms. The van der Waals surface area contributed by atoms with Crippen LogP contribution >= 0.6 is 0 Å². The van der Waals surface area contributed by atoms with Gasteiger partial charge in [0.05, 0.1) is 11.7 Å². The number of unbranched alkanes of at least 4 members (excludes halogenated alkanes) is 1. The number of rotatable bonds is 15. The van der Waals surface area contributed by atoms with E-state index in [4.69, 9.17) is 4.99 Å². The van der Waals surface area contributed by atoms with Crippen molar-refractivity contribution < 1.29 is 4.79 Å². The summed E-state index contributed by atoms with van der Waals surface area (Å²) >= 11 is 0. The highest BCUT2D eigenvalue weighted by molar-refractivity contribution is 5.81. The number of carbonyl (C=O) groups excluding carboxylic acids is 1. The lowest BCUT2D eigenvalue weighted by atomic mass is 9.94. The van der Waals surface area contributed by atoms with E-state index in [0.29, 0.717) is 6.67 Å². The molecule has 0 radical (unpaired) electrons. The van der Waals surface area contributed by atoms with E-state index in [2.05, 4.69) is 91.0 Å². The van der Waals surface area contributed by atoms with Gasteiger partial charge in [-0.2, -0.15) is 5.10 Å². The normalized spacial score (nSPS) is 12.6. The molecule has 0 fully saturated rings. The van der Waals surface area contributed by atoms with Gasteiger partial charge in [0.15, 0.2) is 0 Å². The Morgan fingerprint density at radius 1 is 1.05 bits per heavy atom. The fourth-order valence-corrected chi connectivity index (χ4v) is 4.91. The molecule has 0 bridgehead atoms. The summed E-state index contributed by atoms with van der Waals surface area (Å²) in [4.78, 5) is 18.2. The third kappa shape index (κ3) is 8.53. The molecule has 3 aromatic rings. The SMILES string of the molecule is C=C/C(Cc1ccc(-c2ccccc2C(C)NC=O)cc1)=C(/CCCC)N=C(C)N(C)CN(N=C)c1ccccc1C. The van der Waals surface area contributed by atoms with Gasteiger partial charge in [-0.15, -0.1) is 0 Å². The van der Waals surface area contributed by atoms with Crippen molar-refractivity contribution in [3.63, 3.8) is 0 Å². The van der Waals surface area contributed by atoms with Gasteiger partial charge in [-0.3, -0.25) is 4.79 Å². The number of hydrogen-bond acceptors (Lipinski definition) is 4. The first-order valence-electron chi connectivity index (χ1n) is 14.6. The standard InChI is InChI=1S/C36H45N5O/c1-8-10-18-35(39-29(5)40(7)26-41(37-6)36-19-14-11-15-27(36)3)31(9-2)24-30-20-22-32(23-21-30)34-17-13-12-16-33(34)28(4)38-25-42/h9,11-17,19-23,25,28H,2,6,8,10,18,24,26H2,1,3-5,7H3,(H,38,42)/b35-31+,39-29?. The quantitative estimate of drug-likeness (QED) is 0.0508. The van der Waals surface area contributed by atoms with Crippen molar-refractivity contribution in [3.8, 4) is 11.1 Å². The molecule has 0 aliphatic carbocycles. The second kappa shape index (κ2) is 16.1. The van der Waals surface area contributed by atoms with Crippen molar-refractivity contribution in [3.05, 3.63) is 113 Å². The minimum absolute atomic E-state index is 0.0694. The first kappa shape index (κ1) is 32.1. The van der Waals surface area contributed by atoms with Gasteiger partial charge in [-0.05, 0) is 79.5 Å². The van der Waals surface area contributed by atoms with Crippen LogP contribution in [0.3, 0.4) is 0 Å². The summed E-state index contributed by atoms with van der Waals surface area (Å²) in [5.41, 5.74) is 8.89. The average Bonchev–Trinajstić information content (AvgIpc) is 3.01. The van der Waals surface area contributed by atoms with Crippen molar-refractivity contribution >= 4 is 24.7 Å². The molecular weight excluding hydrogens is 518 g/mol. The Morgan fingerprint density at radius 3 is 2.38 bits per heavy atom. The van der Waals surface area contributed by atoms with E-state index >= 15 is 0 Å². The molecule has 1 amide bonds. The van der Waals surface area contributed by atoms with E-state index in [9.17, 15) is 4.79 Å². The summed E-state index contributed by atoms with van der Waals surface area (Å²) in [7, 11) is 2.03. The molecule has 0 aliphatic heterocycles. The number of allylic oxidation sites excluding steroid dienone is 3. The van der Waals surface area contributed by atoms with Gasteiger partial charge in [0.1, 0.15) is 12.5 Å². The number of nitrogens with zero attached hydrogens (tertiary/aromatic N) is 4. The van der Waals surface area contributed by atoms with Gasteiger partial charge in [0, 0.05) is 19.5 Å². The molecule has 0 spiro atoms. The van der Waals surface area contributed by atoms with Crippen LogP contribution in [0.5, 0.6) is 0 Å². The number of amides is 1. The number of nitrogens with one attached hydrogen (secondary N) is 1. The van der Waals surface area contributed by atoms with Crippen LogP contribution < -0.4 is 10.3 Å². The number of amidine groups is 1. The maximum Gasteiger partial charge on any atom is 0.207 e. The molecule has 3 rings (SSSR count). The maximum atomic E-state index is 11.0. The Bertz CT molecular complexity index is 1410. The highest BCUT2D eigenvalue weighted by atomic mass is 16.1. The van der Waals surface area contributed by atoms with Crippen LogP contribution in [0.15, 0.2) is 107 Å². The Labute approximate surface area is 252 Å². The summed E-state index contributed by atoms with van der Waals surface area (Å²) in [5, 5.41) is 9.04. The van der Waals surface area contributed by atoms with Gasteiger partial charge in [0.2, 0.25) is 6.41 Å². The monoisotopic (exact) mass is 563 g/mol. The highest BCUT2D eigenvalue weighted by Gasteiger charge is 2.14. The molecule has 0 aliphatic rings. The molecule has 6 nitrogen and oxygen atoms in total. The van der Waals surface area contributed by atoms with E-state index in [-0.39, 0.29) is 6.04 Å². The predicted molar refractivity (Wildman–Crippen MR) is 179 cm³/mol. The van der Waals surface area contributed by atoms with Crippen LogP contribution in [0.1, 0.15) is 62.8 Å². The predicted octanol–water partition coefficient (Wildman–Crippen LogP) is 8.07. The zero-order valence-electron chi connectivity index (χ0n) is 25.8. The van der Waals surface area contributed by atoms with Crippen LogP contribution in [-0.4, -0.2) is 37.6 Å². The Hall–Kier alpha value is -4.45. The van der Waals surface area contributed by atoms with Crippen molar-refractivity contribution in [2.75, 3.05) is 18.7 Å². The number of benzene rings is 3. The van der Waals surface area contributed by atoms with Gasteiger partial charge in [-0.25, -0.2) is 10.0 Å². The van der Waals surface area contributed by atoms with Crippen molar-refractivity contribution in [2.24, 2.45) is 10.1 Å². The summed E-state index contributed by atoms with van der Waals surface area (Å²) in [6, 6.07) is 24.9. The van der Waals surface area contributed by atoms with Gasteiger partial charge in [0.25, 0.3) is 0 Å². The van der Waals surface area contributed by atoms with E-state index in [1.807, 2.05) is 56.2 Å². The molecule has 220 valence electrons. The molecule has 1 N–H and O–H groups in total. The lowest BCUT2D eigenvalue weighted by Gasteiger charge is -2.28. The van der Waals surface area contributed by atoms with Crippen LogP contribution in [0.4, 0.5) is 5.69 Å². The van der Waals surface area contributed by atoms with E-state index in [1.54, 1.807) is 0 Å². The molecule has 6 heteroatoms. The molecule has 0 aromatic heterocycles. The number of hydrogen-bond donors (Lipinski definition) is 1. The fraction of sp³-hybridized carbons (Fsp3) is 0.306. The maximum absolute atomic E-state index is 11.0. The number of aryl methyl sites for hydroxylation is 1. The number of hydrazone groups is 1. The zero-order chi connectivity index (χ0) is 30.5. The van der Waals surface area contributed by atoms with Crippen molar-refractivity contribution in [1.82, 2.24) is 10.2 Å². The number of para-hydroxylation sites is 1. The minimum Gasteiger partial charge on any atom is -0.352 e. The summed E-state index contributed by atoms with van der Waals surface area (Å²) < 4.78 is 0. The van der Waals surface area contributed by atoms with Crippen molar-refractivity contribution in [1.29, 1.82) is 0 Å². The average molecular weight is 564 g/mol. The van der Waals surface area contributed by atoms with Gasteiger partial charge in [-0.1, -0.05) is 92.7 Å². The van der Waals surface area contributed by atoms with Crippen molar-refractivity contribution in [2.45, 2.75) is 59.4 Å². The molecule has 0 heterocycles. The van der Waals surface area contributed by atoms with E-state index in [0.717, 1.165) is 77.1 Å². The zero-order valence-corrected chi connectivity index (χ0v) is 25.8. The molecule has 1 atom stereocenters. The highest BCUT2D eigenvalue weighted by Crippen LogP contribution is 2.29. The lowest BCUT2D eigenvalue weighted by Crippen LogP contribution is -2.35. The van der Waals surface area contributed by atoms with Gasteiger partial charge < -0.3 is 10.2 Å². The smallest absolute Gasteiger partial charge is 0.207 e. The lowest BCUT2D eigenvalue weighted by molar-refractivity contribution is -0.110. The summed E-state index contributed by atoms with van der Waals surface area (Å²) in [5.74, 6) is 0.910. The molecule has 1 unspecified atom stereocenters. The Morgan fingerprint density at radius 2 is 1.74 bits per heavy atom. The first-order valence-corrected chi connectivity index (χ1v) is 14.6. The van der Waals surface area contributed by atoms with Crippen LogP contribution in [0.25, 0.3) is 11.1 Å². The van der Waals surface area contributed by atoms with Crippen LogP contribution in [0, 0.1) is 6.92 Å². The second-order valence-corrected chi connectivity index (χ2v) is 10.6.